The molecule has 2 aromatic carbocycles. The molecule has 14 bridgehead atoms. The molecule has 2 aliphatic heterocycles. The number of aliphatic hydroxyl groups excluding tert-OH is 3. The fourth-order valence-corrected chi connectivity index (χ4v) is 26.5. The summed E-state index contributed by atoms with van der Waals surface area (Å²) < 4.78 is 7.11. The molecule has 0 amide bonds. The number of benzene rings is 2. The lowest BCUT2D eigenvalue weighted by atomic mass is 9.27. The number of Topliss-reactive ketones (excluding diaryl/α,β-unsaturated/α-hetero) is 2. The Morgan fingerprint density at radius 3 is 2.40 bits per heavy atom. The van der Waals surface area contributed by atoms with Gasteiger partial charge in [0, 0.05) is 47.5 Å². The standard InChI is InChI=1S/C77H101N3O8/c1-41(2)28-42-29-46(33-48(78)31-42)50-12-10-13-54(50)73(6)67(88-73)66(85)52-18-17-51-53-34-44(15-20-57(53)82)62-45-16-21-58(83)56(35-45)77-39-75-26-27-76(47-30-43(38-79-7)32-49(81)36-47)60-14-11-25-74(69(76)86,24-9-8-23-70(3,87)40-80-75)68(75)72(60,5)61(77)22-19-55-65(64(52)63(51)62)59(84)37-71(55,77)4/h11,14-18,20-21,29-33,36,41,44-45,50-54,56-58,60-64,66-68,79-83,85,87H,8-10,12-13,19,22-28,34-35,37-40,78H2,1-7H3. The van der Waals surface area contributed by atoms with Crippen molar-refractivity contribution in [2.75, 3.05) is 19.3 Å². The van der Waals surface area contributed by atoms with Crippen molar-refractivity contribution < 1.29 is 39.9 Å². The zero-order valence-corrected chi connectivity index (χ0v) is 53.5. The largest absolute Gasteiger partial charge is 0.508 e. The third kappa shape index (κ3) is 7.79. The van der Waals surface area contributed by atoms with Crippen molar-refractivity contribution in [2.24, 2.45) is 105 Å². The first-order valence-corrected chi connectivity index (χ1v) is 35.1. The lowest BCUT2D eigenvalue weighted by Crippen LogP contribution is -2.79. The second-order valence-electron chi connectivity index (χ2n) is 33.6. The van der Waals surface area contributed by atoms with E-state index in [9.17, 15) is 25.5 Å². The number of fused-ring (bicyclic) bond motifs is 10. The molecule has 11 nitrogen and oxygen atoms in total. The number of carbonyl (C=O) groups excluding carboxylic acids is 2. The van der Waals surface area contributed by atoms with Gasteiger partial charge in [-0.1, -0.05) is 113 Å². The molecule has 472 valence electrons. The monoisotopic (exact) mass is 1200 g/mol. The van der Waals surface area contributed by atoms with Gasteiger partial charge in [-0.05, 0) is 250 Å². The highest BCUT2D eigenvalue weighted by Crippen LogP contribution is 2.85. The van der Waals surface area contributed by atoms with E-state index in [1.54, 1.807) is 0 Å². The number of phenolic OH excluding ortho intramolecular Hbond substituents is 1. The molecule has 2 aromatic rings. The minimum atomic E-state index is -1.01. The molecule has 2 spiro atoms. The van der Waals surface area contributed by atoms with Crippen LogP contribution in [0.5, 0.6) is 5.75 Å². The summed E-state index contributed by atoms with van der Waals surface area (Å²) in [6, 6.07) is 12.7. The van der Waals surface area contributed by atoms with Gasteiger partial charge in [-0.15, -0.1) is 0 Å². The predicted octanol–water partition coefficient (Wildman–Crippen LogP) is 11.3. The number of rotatable bonds is 9. The first-order valence-electron chi connectivity index (χ1n) is 35.1. The number of nitrogens with one attached hydrogen (secondary N) is 2. The molecule has 2 saturated heterocycles. The number of hydrogen-bond donors (Lipinski definition) is 8. The maximum absolute atomic E-state index is 17.1. The van der Waals surface area contributed by atoms with Crippen LogP contribution in [0.3, 0.4) is 0 Å². The van der Waals surface area contributed by atoms with Crippen molar-refractivity contribution in [3.05, 3.63) is 118 Å². The van der Waals surface area contributed by atoms with Crippen molar-refractivity contribution >= 4 is 17.3 Å². The summed E-state index contributed by atoms with van der Waals surface area (Å²) in [6.45, 7) is 14.7. The molecular weight excluding hydrogens is 1090 g/mol. The molecule has 11 heteroatoms. The normalized spacial score (nSPS) is 50.2. The zero-order valence-electron chi connectivity index (χ0n) is 53.5. The van der Waals surface area contributed by atoms with Crippen molar-refractivity contribution in [1.82, 2.24) is 10.6 Å². The number of aromatic hydroxyl groups is 1. The smallest absolute Gasteiger partial charge is 0.160 e. The van der Waals surface area contributed by atoms with Crippen LogP contribution in [0.15, 0.2) is 96.2 Å². The summed E-state index contributed by atoms with van der Waals surface area (Å²) in [7, 11) is 1.93. The summed E-state index contributed by atoms with van der Waals surface area (Å²) in [6.07, 6.45) is 28.7. The molecule has 9 fully saturated rings. The predicted molar refractivity (Wildman–Crippen MR) is 341 cm³/mol. The SMILES string of the molecule is CNCc1cc(O)cc(C23CCC45CC67C8CC(C=CC8O)C8C9C=CC(O)C(C9)C9C=CC(C(O)C%10OC%10(C)C%10CCCC%10c%10cc(N)cc(CC(C)C)c%10)C(C%10=C(CCC6C6(C)C4C(CC=CC26)(CCCCC(C)(O)CN5)C3=O)C7(C)CC%10=O)C98)c1. The van der Waals surface area contributed by atoms with Crippen LogP contribution in [0.2, 0.25) is 0 Å². The molecule has 16 aliphatic rings. The highest BCUT2D eigenvalue weighted by atomic mass is 16.6. The van der Waals surface area contributed by atoms with Crippen LogP contribution in [0.1, 0.15) is 172 Å². The van der Waals surface area contributed by atoms with E-state index in [-0.39, 0.29) is 88.5 Å². The summed E-state index contributed by atoms with van der Waals surface area (Å²) >= 11 is 0. The summed E-state index contributed by atoms with van der Waals surface area (Å²) in [5, 5.41) is 71.5. The van der Waals surface area contributed by atoms with Crippen LogP contribution in [-0.4, -0.2) is 91.8 Å². The van der Waals surface area contributed by atoms with E-state index in [2.05, 4.69) is 118 Å². The minimum absolute atomic E-state index is 0.0204. The molecule has 9 N–H and O–H groups in total. The minimum Gasteiger partial charge on any atom is -0.508 e. The summed E-state index contributed by atoms with van der Waals surface area (Å²) in [5.41, 5.74) is 8.12. The van der Waals surface area contributed by atoms with Gasteiger partial charge in [-0.25, -0.2) is 0 Å². The van der Waals surface area contributed by atoms with Crippen molar-refractivity contribution in [3.63, 3.8) is 0 Å². The Morgan fingerprint density at radius 2 is 1.60 bits per heavy atom. The third-order valence-electron chi connectivity index (χ3n) is 29.1. The molecule has 18 rings (SSSR count). The van der Waals surface area contributed by atoms with Gasteiger partial charge >= 0.3 is 0 Å². The number of anilines is 1. The van der Waals surface area contributed by atoms with Gasteiger partial charge in [0.15, 0.2) is 11.6 Å². The van der Waals surface area contributed by atoms with Gasteiger partial charge in [0.25, 0.3) is 0 Å². The van der Waals surface area contributed by atoms with Crippen LogP contribution >= 0.6 is 0 Å². The first-order chi connectivity index (χ1) is 42.0. The van der Waals surface area contributed by atoms with Gasteiger partial charge < -0.3 is 46.6 Å². The molecule has 7 saturated carbocycles. The Morgan fingerprint density at radius 1 is 0.818 bits per heavy atom. The maximum Gasteiger partial charge on any atom is 0.160 e. The van der Waals surface area contributed by atoms with E-state index >= 15 is 9.59 Å². The Bertz CT molecular complexity index is 3400. The van der Waals surface area contributed by atoms with Crippen LogP contribution in [0.4, 0.5) is 5.69 Å². The van der Waals surface area contributed by atoms with E-state index in [0.29, 0.717) is 76.2 Å². The number of nitrogen functional groups attached to an aromatic ring is 1. The number of aliphatic hydroxyl groups is 4. The van der Waals surface area contributed by atoms with Gasteiger partial charge in [0.1, 0.15) is 11.9 Å². The lowest BCUT2D eigenvalue weighted by molar-refractivity contribution is -0.261. The van der Waals surface area contributed by atoms with E-state index in [1.807, 2.05) is 26.1 Å². The number of epoxide rings is 1. The van der Waals surface area contributed by atoms with Crippen molar-refractivity contribution in [1.29, 1.82) is 0 Å². The first kappa shape index (κ1) is 58.9. The summed E-state index contributed by atoms with van der Waals surface area (Å²) in [4.78, 5) is 33.8. The van der Waals surface area contributed by atoms with E-state index in [1.165, 1.54) is 16.7 Å². The molecular formula is C77H101N3O8. The maximum atomic E-state index is 17.1. The Balaban J connectivity index is 0.891. The number of phenols is 1. The van der Waals surface area contributed by atoms with Crippen LogP contribution < -0.4 is 16.4 Å². The van der Waals surface area contributed by atoms with Gasteiger partial charge in [-0.2, -0.15) is 0 Å². The number of nitrogens with two attached hydrogens (primary N) is 1. The second kappa shape index (κ2) is 19.9. The molecule has 88 heavy (non-hydrogen) atoms. The van der Waals surface area contributed by atoms with E-state index < -0.39 is 74.1 Å². The van der Waals surface area contributed by atoms with Gasteiger partial charge in [0.2, 0.25) is 0 Å². The number of allylic oxidation sites excluding steroid dienone is 7. The molecule has 26 atom stereocenters. The number of ketones is 2. The Hall–Kier alpha value is -4.20. The molecule has 26 unspecified atom stereocenters. The molecule has 0 radical (unpaired) electrons. The van der Waals surface area contributed by atoms with Crippen molar-refractivity contribution in [2.45, 2.75) is 210 Å². The lowest BCUT2D eigenvalue weighted by Gasteiger charge is -2.77. The van der Waals surface area contributed by atoms with Crippen LogP contribution in [0.25, 0.3) is 0 Å². The average Bonchev–Trinajstić information content (AvgIpc) is 1.26. The third-order valence-corrected chi connectivity index (χ3v) is 29.1. The number of β-amino-alcohol motifs (C(OH)–C–C–N with tert-alkyl or cyclic N) is 1. The quantitative estimate of drug-likeness (QED) is 0.0676. The number of ether oxygens (including phenoxy) is 1. The number of carbonyl (C=O) groups is 2. The fraction of sp³-hybridized carbons (Fsp3) is 0.688. The highest BCUT2D eigenvalue weighted by Gasteiger charge is 2.84. The van der Waals surface area contributed by atoms with E-state index in [4.69, 9.17) is 10.5 Å². The molecule has 2 heterocycles. The van der Waals surface area contributed by atoms with Crippen LogP contribution in [-0.2, 0) is 32.7 Å². The topological polar surface area (TPSA) is 198 Å². The average molecular weight is 1200 g/mol. The summed E-state index contributed by atoms with van der Waals surface area (Å²) in [5.74, 6) is 0.390. The Kier molecular flexibility index (Phi) is 13.3. The molecule has 14 aliphatic carbocycles. The second-order valence-corrected chi connectivity index (χ2v) is 33.6. The number of hydrogen-bond acceptors (Lipinski definition) is 11. The van der Waals surface area contributed by atoms with Crippen LogP contribution in [0, 0.1) is 105 Å². The molecule has 0 aromatic heterocycles. The Labute approximate surface area is 523 Å². The zero-order chi connectivity index (χ0) is 61.2. The van der Waals surface area contributed by atoms with E-state index in [0.717, 1.165) is 80.2 Å². The van der Waals surface area contributed by atoms with Crippen molar-refractivity contribution in [3.8, 4) is 5.75 Å². The highest BCUT2D eigenvalue weighted by molar-refractivity contribution is 6.01. The fourth-order valence-electron chi connectivity index (χ4n) is 26.5. The van der Waals surface area contributed by atoms with Gasteiger partial charge in [0.05, 0.1) is 34.9 Å². The van der Waals surface area contributed by atoms with Gasteiger partial charge in [-0.3, -0.25) is 9.59 Å².